The Balaban J connectivity index is 2.47. The van der Waals surface area contributed by atoms with Gasteiger partial charge in [0.1, 0.15) is 0 Å². The third-order valence-corrected chi connectivity index (χ3v) is 4.43. The van der Waals surface area contributed by atoms with Crippen molar-refractivity contribution in [2.75, 3.05) is 0 Å². The van der Waals surface area contributed by atoms with E-state index in [0.717, 1.165) is 0 Å². The van der Waals surface area contributed by atoms with Crippen LogP contribution in [-0.2, 0) is 4.84 Å². The predicted octanol–water partition coefficient (Wildman–Crippen LogP) is 5.32. The summed E-state index contributed by atoms with van der Waals surface area (Å²) in [6.45, 7) is 13.8. The predicted molar refractivity (Wildman–Crippen MR) is 83.2 cm³/mol. The molecule has 1 rings (SSSR count). The lowest BCUT2D eigenvalue weighted by Gasteiger charge is -2.52. The van der Waals surface area contributed by atoms with Crippen LogP contribution in [0.4, 0.5) is 0 Å². The Kier molecular flexibility index (Phi) is 6.32. The van der Waals surface area contributed by atoms with Gasteiger partial charge >= 0.3 is 0 Å². The number of nitrogens with zero attached hydrogens (tertiary/aromatic N) is 1. The summed E-state index contributed by atoms with van der Waals surface area (Å²) in [5.74, 6) is 0. The van der Waals surface area contributed by atoms with Gasteiger partial charge in [0, 0.05) is 11.1 Å². The number of piperidine rings is 1. The van der Waals surface area contributed by atoms with Gasteiger partial charge in [0.05, 0.1) is 6.10 Å². The molecule has 0 aromatic rings. The highest BCUT2D eigenvalue weighted by atomic mass is 16.7. The van der Waals surface area contributed by atoms with Gasteiger partial charge in [-0.05, 0) is 60.3 Å². The Hall–Kier alpha value is -0.0800. The van der Waals surface area contributed by atoms with Crippen LogP contribution < -0.4 is 0 Å². The van der Waals surface area contributed by atoms with Crippen LogP contribution in [0.1, 0.15) is 92.9 Å². The van der Waals surface area contributed by atoms with E-state index in [0.29, 0.717) is 6.10 Å². The maximum atomic E-state index is 6.34. The molecule has 0 amide bonds. The molecule has 1 fully saturated rings. The number of hydrogen-bond acceptors (Lipinski definition) is 2. The fourth-order valence-corrected chi connectivity index (χ4v) is 3.35. The molecule has 0 radical (unpaired) electrons. The summed E-state index contributed by atoms with van der Waals surface area (Å²) >= 11 is 0. The number of hydrogen-bond donors (Lipinski definition) is 0. The van der Waals surface area contributed by atoms with Crippen LogP contribution in [0.2, 0.25) is 0 Å². The molecule has 1 aliphatic rings. The van der Waals surface area contributed by atoms with E-state index < -0.39 is 0 Å². The standard InChI is InChI=1S/C17H35NO/c1-7-8-9-10-12-15(2)19-18-16(3,4)13-11-14-17(18,5)6/h15H,7-14H2,1-6H3. The molecule has 0 aromatic heterocycles. The van der Waals surface area contributed by atoms with Crippen molar-refractivity contribution in [3.63, 3.8) is 0 Å². The Morgan fingerprint density at radius 1 is 1.00 bits per heavy atom. The maximum Gasteiger partial charge on any atom is 0.0765 e. The van der Waals surface area contributed by atoms with Gasteiger partial charge in [-0.25, -0.2) is 0 Å². The van der Waals surface area contributed by atoms with Crippen molar-refractivity contribution in [1.82, 2.24) is 5.06 Å². The van der Waals surface area contributed by atoms with E-state index in [-0.39, 0.29) is 11.1 Å². The summed E-state index contributed by atoms with van der Waals surface area (Å²) in [4.78, 5) is 6.34. The van der Waals surface area contributed by atoms with Crippen molar-refractivity contribution in [3.8, 4) is 0 Å². The molecule has 1 heterocycles. The van der Waals surface area contributed by atoms with E-state index in [1.165, 1.54) is 51.4 Å². The van der Waals surface area contributed by atoms with E-state index in [1.54, 1.807) is 0 Å². The van der Waals surface area contributed by atoms with E-state index in [9.17, 15) is 0 Å². The summed E-state index contributed by atoms with van der Waals surface area (Å²) in [5, 5.41) is 2.30. The molecule has 0 saturated carbocycles. The minimum atomic E-state index is 0.166. The lowest BCUT2D eigenvalue weighted by Crippen LogP contribution is -2.59. The van der Waals surface area contributed by atoms with Gasteiger partial charge in [-0.2, -0.15) is 5.06 Å². The van der Waals surface area contributed by atoms with Gasteiger partial charge < -0.3 is 0 Å². The molecule has 0 bridgehead atoms. The molecular weight excluding hydrogens is 234 g/mol. The number of rotatable bonds is 7. The van der Waals surface area contributed by atoms with Crippen LogP contribution in [0.5, 0.6) is 0 Å². The Bertz CT molecular complexity index is 244. The molecule has 1 atom stereocenters. The number of unbranched alkanes of at least 4 members (excludes halogenated alkanes) is 3. The van der Waals surface area contributed by atoms with Gasteiger partial charge in [-0.1, -0.05) is 32.6 Å². The van der Waals surface area contributed by atoms with Crippen LogP contribution in [0.15, 0.2) is 0 Å². The Morgan fingerprint density at radius 2 is 1.58 bits per heavy atom. The second-order valence-electron chi connectivity index (χ2n) is 7.54. The van der Waals surface area contributed by atoms with E-state index in [4.69, 9.17) is 4.84 Å². The molecule has 1 aliphatic heterocycles. The quantitative estimate of drug-likeness (QED) is 0.580. The highest BCUT2D eigenvalue weighted by molar-refractivity contribution is 4.93. The third kappa shape index (κ3) is 5.07. The molecule has 0 aliphatic carbocycles. The molecule has 1 unspecified atom stereocenters. The minimum Gasteiger partial charge on any atom is -0.295 e. The first kappa shape index (κ1) is 17.0. The molecule has 2 nitrogen and oxygen atoms in total. The van der Waals surface area contributed by atoms with Crippen molar-refractivity contribution >= 4 is 0 Å². The molecule has 0 spiro atoms. The van der Waals surface area contributed by atoms with Gasteiger partial charge in [-0.3, -0.25) is 4.84 Å². The van der Waals surface area contributed by atoms with E-state index >= 15 is 0 Å². The van der Waals surface area contributed by atoms with Crippen molar-refractivity contribution in [2.24, 2.45) is 0 Å². The molecular formula is C17H35NO. The average molecular weight is 269 g/mol. The third-order valence-electron chi connectivity index (χ3n) is 4.43. The maximum absolute atomic E-state index is 6.34. The highest BCUT2D eigenvalue weighted by Gasteiger charge is 2.43. The van der Waals surface area contributed by atoms with Crippen molar-refractivity contribution in [2.45, 2.75) is 110 Å². The first-order chi connectivity index (χ1) is 8.79. The molecule has 19 heavy (non-hydrogen) atoms. The molecule has 0 N–H and O–H groups in total. The fourth-order valence-electron chi connectivity index (χ4n) is 3.35. The van der Waals surface area contributed by atoms with Crippen molar-refractivity contribution in [3.05, 3.63) is 0 Å². The monoisotopic (exact) mass is 269 g/mol. The van der Waals surface area contributed by atoms with Gasteiger partial charge in [0.2, 0.25) is 0 Å². The van der Waals surface area contributed by atoms with Gasteiger partial charge in [-0.15, -0.1) is 0 Å². The second kappa shape index (κ2) is 7.08. The smallest absolute Gasteiger partial charge is 0.0765 e. The molecule has 0 aromatic carbocycles. The van der Waals surface area contributed by atoms with Crippen molar-refractivity contribution in [1.29, 1.82) is 0 Å². The van der Waals surface area contributed by atoms with Gasteiger partial charge in [0.25, 0.3) is 0 Å². The Labute approximate surface area is 120 Å². The number of hydroxylamine groups is 2. The lowest BCUT2D eigenvalue weighted by atomic mass is 9.82. The van der Waals surface area contributed by atoms with Crippen molar-refractivity contribution < 1.29 is 4.84 Å². The summed E-state index contributed by atoms with van der Waals surface area (Å²) in [7, 11) is 0. The fraction of sp³-hybridized carbons (Fsp3) is 1.00. The Morgan fingerprint density at radius 3 is 2.11 bits per heavy atom. The molecule has 2 heteroatoms. The minimum absolute atomic E-state index is 0.166. The molecule has 1 saturated heterocycles. The summed E-state index contributed by atoms with van der Waals surface area (Å²) in [6.07, 6.45) is 10.6. The second-order valence-corrected chi connectivity index (χ2v) is 7.54. The summed E-state index contributed by atoms with van der Waals surface area (Å²) < 4.78 is 0. The zero-order valence-electron chi connectivity index (χ0n) is 14.1. The zero-order valence-corrected chi connectivity index (χ0v) is 14.1. The zero-order chi connectivity index (χ0) is 14.5. The molecule has 114 valence electrons. The first-order valence-electron chi connectivity index (χ1n) is 8.27. The topological polar surface area (TPSA) is 12.5 Å². The normalized spacial score (nSPS) is 24.3. The SMILES string of the molecule is CCCCCCC(C)ON1C(C)(C)CCCC1(C)C. The largest absolute Gasteiger partial charge is 0.295 e. The lowest BCUT2D eigenvalue weighted by molar-refractivity contribution is -0.302. The first-order valence-corrected chi connectivity index (χ1v) is 8.27. The summed E-state index contributed by atoms with van der Waals surface area (Å²) in [5.41, 5.74) is 0.332. The van der Waals surface area contributed by atoms with E-state index in [1.807, 2.05) is 0 Å². The van der Waals surface area contributed by atoms with Crippen LogP contribution in [0.25, 0.3) is 0 Å². The van der Waals surface area contributed by atoms with Crippen LogP contribution >= 0.6 is 0 Å². The van der Waals surface area contributed by atoms with Crippen LogP contribution in [0.3, 0.4) is 0 Å². The van der Waals surface area contributed by atoms with Crippen LogP contribution in [-0.4, -0.2) is 22.2 Å². The summed E-state index contributed by atoms with van der Waals surface area (Å²) in [6, 6.07) is 0. The van der Waals surface area contributed by atoms with E-state index in [2.05, 4.69) is 46.6 Å². The highest BCUT2D eigenvalue weighted by Crippen LogP contribution is 2.39. The van der Waals surface area contributed by atoms with Crippen LogP contribution in [0, 0.1) is 0 Å². The average Bonchev–Trinajstić information content (AvgIpc) is 2.29. The van der Waals surface area contributed by atoms with Gasteiger partial charge in [0.15, 0.2) is 0 Å².